The first-order valence-corrected chi connectivity index (χ1v) is 11.4. The summed E-state index contributed by atoms with van der Waals surface area (Å²) in [6.45, 7) is 4.03. The third kappa shape index (κ3) is 5.73. The van der Waals surface area contributed by atoms with Crippen LogP contribution in [-0.4, -0.2) is 54.0 Å². The molecule has 9 nitrogen and oxygen atoms in total. The number of anilines is 1. The molecule has 2 fully saturated rings. The van der Waals surface area contributed by atoms with Gasteiger partial charge in [0.05, 0.1) is 0 Å². The second-order valence-electron chi connectivity index (χ2n) is 7.82. The summed E-state index contributed by atoms with van der Waals surface area (Å²) in [6, 6.07) is -0.0691. The Bertz CT molecular complexity index is 749. The van der Waals surface area contributed by atoms with Crippen molar-refractivity contribution < 1.29 is 13.2 Å². The van der Waals surface area contributed by atoms with Crippen molar-refractivity contribution in [2.45, 2.75) is 57.4 Å². The van der Waals surface area contributed by atoms with E-state index in [9.17, 15) is 13.2 Å². The Morgan fingerprint density at radius 1 is 1.19 bits per heavy atom. The number of rotatable bonds is 6. The number of aromatic nitrogens is 3. The monoisotopic (exact) mass is 398 g/mol. The predicted octanol–water partition coefficient (Wildman–Crippen LogP) is 0.719. The SMILES string of the molecule is CC1CCC(NS(=O)(=O)CC(=O)Nc2nc(C3CCNCC3)nn2C)CC1. The Morgan fingerprint density at radius 3 is 2.52 bits per heavy atom. The van der Waals surface area contributed by atoms with Crippen LogP contribution >= 0.6 is 0 Å². The molecule has 10 heteroatoms. The normalized spacial score (nSPS) is 24.7. The van der Waals surface area contributed by atoms with Crippen molar-refractivity contribution in [3.05, 3.63) is 5.82 Å². The van der Waals surface area contributed by atoms with Crippen molar-refractivity contribution in [2.75, 3.05) is 24.2 Å². The zero-order valence-corrected chi connectivity index (χ0v) is 16.9. The van der Waals surface area contributed by atoms with Gasteiger partial charge in [0.15, 0.2) is 5.82 Å². The van der Waals surface area contributed by atoms with Gasteiger partial charge in [-0.1, -0.05) is 6.92 Å². The van der Waals surface area contributed by atoms with Crippen molar-refractivity contribution >= 4 is 21.9 Å². The lowest BCUT2D eigenvalue weighted by Gasteiger charge is -2.26. The van der Waals surface area contributed by atoms with Crippen LogP contribution in [0.5, 0.6) is 0 Å². The number of piperidine rings is 1. The second kappa shape index (κ2) is 8.66. The second-order valence-corrected chi connectivity index (χ2v) is 9.58. The van der Waals surface area contributed by atoms with E-state index in [1.54, 1.807) is 7.05 Å². The lowest BCUT2D eigenvalue weighted by atomic mass is 9.88. The van der Waals surface area contributed by atoms with Gasteiger partial charge in [-0.05, 0) is 57.5 Å². The number of nitrogens with one attached hydrogen (secondary N) is 3. The zero-order chi connectivity index (χ0) is 19.4. The van der Waals surface area contributed by atoms with Crippen molar-refractivity contribution in [1.29, 1.82) is 0 Å². The summed E-state index contributed by atoms with van der Waals surface area (Å²) in [7, 11) is -1.97. The minimum absolute atomic E-state index is 0.0691. The average Bonchev–Trinajstić information content (AvgIpc) is 2.97. The number of nitrogens with zero attached hydrogens (tertiary/aromatic N) is 3. The summed E-state index contributed by atoms with van der Waals surface area (Å²) in [5.41, 5.74) is 0. The Labute approximate surface area is 160 Å². The van der Waals surface area contributed by atoms with E-state index in [0.29, 0.717) is 11.7 Å². The van der Waals surface area contributed by atoms with Gasteiger partial charge in [-0.2, -0.15) is 10.1 Å². The number of aryl methyl sites for hydroxylation is 1. The highest BCUT2D eigenvalue weighted by atomic mass is 32.2. The fourth-order valence-electron chi connectivity index (χ4n) is 3.77. The van der Waals surface area contributed by atoms with Gasteiger partial charge < -0.3 is 5.32 Å². The standard InChI is InChI=1S/C17H30N6O3S/c1-12-3-5-14(6-4-12)22-27(25,26)11-15(24)19-17-20-16(21-23(17)2)13-7-9-18-10-8-13/h12-14,18,22H,3-11H2,1-2H3,(H,19,20,21,24). The van der Waals surface area contributed by atoms with E-state index in [0.717, 1.165) is 51.6 Å². The van der Waals surface area contributed by atoms with E-state index in [-0.39, 0.29) is 17.9 Å². The first kappa shape index (κ1) is 20.2. The predicted molar refractivity (Wildman–Crippen MR) is 103 cm³/mol. The van der Waals surface area contributed by atoms with Gasteiger partial charge in [0.25, 0.3) is 0 Å². The molecule has 0 radical (unpaired) electrons. The van der Waals surface area contributed by atoms with Crippen LogP contribution in [0.4, 0.5) is 5.95 Å². The topological polar surface area (TPSA) is 118 Å². The van der Waals surface area contributed by atoms with Gasteiger partial charge in [-0.15, -0.1) is 0 Å². The highest BCUT2D eigenvalue weighted by molar-refractivity contribution is 7.90. The third-order valence-electron chi connectivity index (χ3n) is 5.42. The van der Waals surface area contributed by atoms with Gasteiger partial charge in [-0.25, -0.2) is 17.8 Å². The smallest absolute Gasteiger partial charge is 0.243 e. The molecule has 1 amide bonds. The number of carbonyl (C=O) groups is 1. The maximum atomic E-state index is 12.3. The molecule has 0 atom stereocenters. The summed E-state index contributed by atoms with van der Waals surface area (Å²) in [4.78, 5) is 16.6. The minimum Gasteiger partial charge on any atom is -0.317 e. The maximum absolute atomic E-state index is 12.3. The molecule has 1 aromatic rings. The number of hydrogen-bond donors (Lipinski definition) is 3. The Balaban J connectivity index is 1.54. The molecule has 1 aromatic heterocycles. The lowest BCUT2D eigenvalue weighted by Crippen LogP contribution is -2.41. The van der Waals surface area contributed by atoms with Gasteiger partial charge in [-0.3, -0.25) is 10.1 Å². The molecule has 2 heterocycles. The summed E-state index contributed by atoms with van der Waals surface area (Å²) < 4.78 is 28.8. The Morgan fingerprint density at radius 2 is 1.85 bits per heavy atom. The molecule has 0 bridgehead atoms. The van der Waals surface area contributed by atoms with Crippen molar-refractivity contribution in [1.82, 2.24) is 24.8 Å². The van der Waals surface area contributed by atoms with Crippen LogP contribution in [0.15, 0.2) is 0 Å². The number of carbonyl (C=O) groups excluding carboxylic acids is 1. The Kier molecular flexibility index (Phi) is 6.48. The number of hydrogen-bond acceptors (Lipinski definition) is 6. The van der Waals surface area contributed by atoms with Crippen molar-refractivity contribution in [3.8, 4) is 0 Å². The van der Waals surface area contributed by atoms with E-state index in [4.69, 9.17) is 0 Å². The lowest BCUT2D eigenvalue weighted by molar-refractivity contribution is -0.114. The molecular weight excluding hydrogens is 368 g/mol. The summed E-state index contributed by atoms with van der Waals surface area (Å²) >= 11 is 0. The first-order chi connectivity index (χ1) is 12.8. The molecular formula is C17H30N6O3S. The molecule has 1 saturated carbocycles. The summed E-state index contributed by atoms with van der Waals surface area (Å²) in [5, 5.41) is 10.3. The molecule has 0 spiro atoms. The van der Waals surface area contributed by atoms with Crippen LogP contribution in [0.25, 0.3) is 0 Å². The first-order valence-electron chi connectivity index (χ1n) is 9.74. The van der Waals surface area contributed by atoms with Gasteiger partial charge in [0.2, 0.25) is 21.9 Å². The van der Waals surface area contributed by atoms with E-state index in [1.165, 1.54) is 4.68 Å². The fourth-order valence-corrected chi connectivity index (χ4v) is 5.02. The van der Waals surface area contributed by atoms with Gasteiger partial charge in [0, 0.05) is 19.0 Å². The van der Waals surface area contributed by atoms with E-state index in [1.807, 2.05) is 0 Å². The molecule has 1 saturated heterocycles. The number of sulfonamides is 1. The van der Waals surface area contributed by atoms with E-state index < -0.39 is 21.7 Å². The van der Waals surface area contributed by atoms with Crippen molar-refractivity contribution in [2.24, 2.45) is 13.0 Å². The zero-order valence-electron chi connectivity index (χ0n) is 16.1. The quantitative estimate of drug-likeness (QED) is 0.650. The van der Waals surface area contributed by atoms with Crippen LogP contribution in [-0.2, 0) is 21.9 Å². The van der Waals surface area contributed by atoms with Gasteiger partial charge >= 0.3 is 0 Å². The Hall–Kier alpha value is -1.52. The highest BCUT2D eigenvalue weighted by Crippen LogP contribution is 2.24. The molecule has 1 aliphatic heterocycles. The van der Waals surface area contributed by atoms with Gasteiger partial charge in [0.1, 0.15) is 5.75 Å². The molecule has 3 N–H and O–H groups in total. The largest absolute Gasteiger partial charge is 0.317 e. The molecule has 0 unspecified atom stereocenters. The molecule has 2 aliphatic rings. The molecule has 1 aliphatic carbocycles. The van der Waals surface area contributed by atoms with Crippen LogP contribution in [0, 0.1) is 5.92 Å². The van der Waals surface area contributed by atoms with Crippen LogP contribution in [0.2, 0.25) is 0 Å². The van der Waals surface area contributed by atoms with E-state index >= 15 is 0 Å². The molecule has 3 rings (SSSR count). The molecule has 0 aromatic carbocycles. The van der Waals surface area contributed by atoms with Crippen LogP contribution in [0.3, 0.4) is 0 Å². The molecule has 152 valence electrons. The van der Waals surface area contributed by atoms with Crippen LogP contribution in [0.1, 0.15) is 57.2 Å². The average molecular weight is 399 g/mol. The summed E-state index contributed by atoms with van der Waals surface area (Å²) in [5.74, 6) is 0.691. The third-order valence-corrected chi connectivity index (χ3v) is 6.75. The van der Waals surface area contributed by atoms with Crippen molar-refractivity contribution in [3.63, 3.8) is 0 Å². The summed E-state index contributed by atoms with van der Waals surface area (Å²) in [6.07, 6.45) is 5.58. The highest BCUT2D eigenvalue weighted by Gasteiger charge is 2.26. The minimum atomic E-state index is -3.67. The number of amides is 1. The maximum Gasteiger partial charge on any atom is 0.243 e. The van der Waals surface area contributed by atoms with E-state index in [2.05, 4.69) is 32.4 Å². The fraction of sp³-hybridized carbons (Fsp3) is 0.824. The molecule has 27 heavy (non-hydrogen) atoms. The van der Waals surface area contributed by atoms with Crippen LogP contribution < -0.4 is 15.4 Å².